The van der Waals surface area contributed by atoms with Gasteiger partial charge in [-0.2, -0.15) is 0 Å². The zero-order chi connectivity index (χ0) is 13.5. The minimum Gasteiger partial charge on any atom is -0.481 e. The summed E-state index contributed by atoms with van der Waals surface area (Å²) in [7, 11) is 1.54. The number of hydrogen-bond donors (Lipinski definition) is 3. The van der Waals surface area contributed by atoms with Crippen LogP contribution in [0.2, 0.25) is 0 Å². The lowest BCUT2D eigenvalue weighted by molar-refractivity contribution is 0.394. The van der Waals surface area contributed by atoms with Crippen molar-refractivity contribution in [2.45, 2.75) is 25.4 Å². The smallest absolute Gasteiger partial charge is 0.211 e. The standard InChI is InChI=1S/C15H21N3O/c1-19-15(16)13(14-8-5-9-18-14)11-17-10-12-6-3-2-4-7-12/h2-4,6-7,11,14,16-18H,5,8-10H2,1H3/b13-11-,16-15?. The molecule has 0 spiro atoms. The van der Waals surface area contributed by atoms with Gasteiger partial charge in [-0.05, 0) is 24.9 Å². The molecule has 0 amide bonds. The van der Waals surface area contributed by atoms with Crippen LogP contribution in [-0.2, 0) is 11.3 Å². The van der Waals surface area contributed by atoms with Gasteiger partial charge < -0.3 is 15.4 Å². The Hall–Kier alpha value is -1.81. The van der Waals surface area contributed by atoms with Crippen LogP contribution in [0.15, 0.2) is 42.1 Å². The van der Waals surface area contributed by atoms with E-state index in [1.54, 1.807) is 7.11 Å². The van der Waals surface area contributed by atoms with Crippen LogP contribution >= 0.6 is 0 Å². The molecule has 0 aromatic heterocycles. The summed E-state index contributed by atoms with van der Waals surface area (Å²) in [5.41, 5.74) is 2.12. The molecule has 1 heterocycles. The lowest BCUT2D eigenvalue weighted by Gasteiger charge is -2.15. The third kappa shape index (κ3) is 3.83. The molecular formula is C15H21N3O. The molecule has 0 radical (unpaired) electrons. The maximum absolute atomic E-state index is 7.87. The number of hydrogen-bond acceptors (Lipinski definition) is 4. The Morgan fingerprint density at radius 2 is 2.26 bits per heavy atom. The van der Waals surface area contributed by atoms with E-state index in [0.29, 0.717) is 0 Å². The first-order valence-corrected chi connectivity index (χ1v) is 6.65. The van der Waals surface area contributed by atoms with Crippen molar-refractivity contribution in [3.05, 3.63) is 47.7 Å². The second kappa shape index (κ2) is 6.95. The van der Waals surface area contributed by atoms with E-state index in [-0.39, 0.29) is 11.9 Å². The van der Waals surface area contributed by atoms with Crippen LogP contribution in [0.1, 0.15) is 18.4 Å². The van der Waals surface area contributed by atoms with Crippen molar-refractivity contribution in [2.75, 3.05) is 13.7 Å². The maximum atomic E-state index is 7.87. The van der Waals surface area contributed by atoms with Crippen LogP contribution in [0.4, 0.5) is 0 Å². The maximum Gasteiger partial charge on any atom is 0.211 e. The molecule has 1 aliphatic rings. The average molecular weight is 259 g/mol. The highest BCUT2D eigenvalue weighted by Gasteiger charge is 2.22. The van der Waals surface area contributed by atoms with Crippen molar-refractivity contribution in [1.29, 1.82) is 5.41 Å². The number of ether oxygens (including phenoxy) is 1. The van der Waals surface area contributed by atoms with Crippen LogP contribution in [0.25, 0.3) is 0 Å². The molecule has 1 atom stereocenters. The topological polar surface area (TPSA) is 57.1 Å². The lowest BCUT2D eigenvalue weighted by Crippen LogP contribution is -2.29. The largest absolute Gasteiger partial charge is 0.481 e. The van der Waals surface area contributed by atoms with Gasteiger partial charge in [0.1, 0.15) is 0 Å². The summed E-state index contributed by atoms with van der Waals surface area (Å²) in [5.74, 6) is 0.236. The molecule has 19 heavy (non-hydrogen) atoms. The fourth-order valence-electron chi connectivity index (χ4n) is 2.27. The van der Waals surface area contributed by atoms with Crippen molar-refractivity contribution >= 4 is 5.90 Å². The quantitative estimate of drug-likeness (QED) is 0.560. The van der Waals surface area contributed by atoms with Crippen LogP contribution in [-0.4, -0.2) is 25.6 Å². The summed E-state index contributed by atoms with van der Waals surface area (Å²) < 4.78 is 5.06. The van der Waals surface area contributed by atoms with Crippen molar-refractivity contribution in [2.24, 2.45) is 0 Å². The number of methoxy groups -OCH3 is 1. The molecule has 1 saturated heterocycles. The molecule has 4 nitrogen and oxygen atoms in total. The normalized spacial score (nSPS) is 19.2. The molecule has 4 heteroatoms. The second-order valence-corrected chi connectivity index (χ2v) is 4.65. The molecule has 3 N–H and O–H groups in total. The molecule has 2 rings (SSSR count). The second-order valence-electron chi connectivity index (χ2n) is 4.65. The fraction of sp³-hybridized carbons (Fsp3) is 0.400. The fourth-order valence-corrected chi connectivity index (χ4v) is 2.27. The van der Waals surface area contributed by atoms with Gasteiger partial charge in [0.2, 0.25) is 5.90 Å². The van der Waals surface area contributed by atoms with Crippen molar-refractivity contribution in [3.8, 4) is 0 Å². The highest BCUT2D eigenvalue weighted by molar-refractivity contribution is 5.92. The van der Waals surface area contributed by atoms with Gasteiger partial charge in [-0.3, -0.25) is 5.41 Å². The zero-order valence-corrected chi connectivity index (χ0v) is 11.3. The van der Waals surface area contributed by atoms with Gasteiger partial charge in [0.25, 0.3) is 0 Å². The van der Waals surface area contributed by atoms with Crippen molar-refractivity contribution < 1.29 is 4.74 Å². The van der Waals surface area contributed by atoms with E-state index >= 15 is 0 Å². The molecule has 1 unspecified atom stereocenters. The van der Waals surface area contributed by atoms with E-state index in [1.807, 2.05) is 24.4 Å². The highest BCUT2D eigenvalue weighted by atomic mass is 16.5. The van der Waals surface area contributed by atoms with E-state index < -0.39 is 0 Å². The lowest BCUT2D eigenvalue weighted by atomic mass is 10.1. The Morgan fingerprint density at radius 3 is 2.89 bits per heavy atom. The first-order chi connectivity index (χ1) is 9.31. The molecule has 1 aromatic rings. The average Bonchev–Trinajstić information content (AvgIpc) is 2.98. The van der Waals surface area contributed by atoms with E-state index in [4.69, 9.17) is 10.1 Å². The third-order valence-electron chi connectivity index (χ3n) is 3.31. The summed E-state index contributed by atoms with van der Waals surface area (Å²) in [5, 5.41) is 14.5. The van der Waals surface area contributed by atoms with Gasteiger partial charge in [0, 0.05) is 24.4 Å². The van der Waals surface area contributed by atoms with Gasteiger partial charge in [-0.25, -0.2) is 0 Å². The van der Waals surface area contributed by atoms with Gasteiger partial charge in [-0.15, -0.1) is 0 Å². The van der Waals surface area contributed by atoms with Crippen molar-refractivity contribution in [1.82, 2.24) is 10.6 Å². The summed E-state index contributed by atoms with van der Waals surface area (Å²) in [6.07, 6.45) is 4.12. The van der Waals surface area contributed by atoms with Gasteiger partial charge in [0.05, 0.1) is 7.11 Å². The zero-order valence-electron chi connectivity index (χ0n) is 11.3. The molecule has 102 valence electrons. The van der Waals surface area contributed by atoms with Gasteiger partial charge in [0.15, 0.2) is 0 Å². The van der Waals surface area contributed by atoms with Crippen molar-refractivity contribution in [3.63, 3.8) is 0 Å². The van der Waals surface area contributed by atoms with Crippen LogP contribution in [0, 0.1) is 5.41 Å². The number of rotatable bonds is 5. The first kappa shape index (κ1) is 13.6. The predicted molar refractivity (Wildman–Crippen MR) is 77.1 cm³/mol. The molecule has 0 aliphatic carbocycles. The Balaban J connectivity index is 1.97. The molecular weight excluding hydrogens is 238 g/mol. The summed E-state index contributed by atoms with van der Waals surface area (Å²) in [6, 6.07) is 10.4. The predicted octanol–water partition coefficient (Wildman–Crippen LogP) is 2.04. The Kier molecular flexibility index (Phi) is 4.98. The minimum absolute atomic E-state index is 0.232. The van der Waals surface area contributed by atoms with Gasteiger partial charge >= 0.3 is 0 Å². The summed E-state index contributed by atoms with van der Waals surface area (Å²) in [4.78, 5) is 0. The molecule has 0 saturated carbocycles. The third-order valence-corrected chi connectivity index (χ3v) is 3.31. The van der Waals surface area contributed by atoms with E-state index in [1.165, 1.54) is 5.56 Å². The minimum atomic E-state index is 0.232. The van der Waals surface area contributed by atoms with Crippen LogP contribution in [0.5, 0.6) is 0 Å². The number of benzene rings is 1. The molecule has 1 aliphatic heterocycles. The molecule has 0 bridgehead atoms. The molecule has 1 fully saturated rings. The monoisotopic (exact) mass is 259 g/mol. The first-order valence-electron chi connectivity index (χ1n) is 6.65. The SMILES string of the molecule is COC(=N)/C(=C\NCc1ccccc1)C1CCCN1. The van der Waals surface area contributed by atoms with Gasteiger partial charge in [-0.1, -0.05) is 30.3 Å². The number of nitrogens with one attached hydrogen (secondary N) is 3. The summed E-state index contributed by atoms with van der Waals surface area (Å²) in [6.45, 7) is 1.77. The van der Waals surface area contributed by atoms with E-state index in [9.17, 15) is 0 Å². The van der Waals surface area contributed by atoms with Crippen LogP contribution < -0.4 is 10.6 Å². The Labute approximate surface area is 114 Å². The Bertz CT molecular complexity index is 436. The Morgan fingerprint density at radius 1 is 1.47 bits per heavy atom. The molecule has 1 aromatic carbocycles. The summed E-state index contributed by atoms with van der Waals surface area (Å²) >= 11 is 0. The highest BCUT2D eigenvalue weighted by Crippen LogP contribution is 2.15. The van der Waals surface area contributed by atoms with E-state index in [0.717, 1.165) is 31.5 Å². The van der Waals surface area contributed by atoms with Crippen LogP contribution in [0.3, 0.4) is 0 Å². The van der Waals surface area contributed by atoms with E-state index in [2.05, 4.69) is 22.8 Å².